The lowest BCUT2D eigenvalue weighted by Gasteiger charge is -2.26. The molecule has 0 radical (unpaired) electrons. The van der Waals surface area contributed by atoms with Crippen LogP contribution in [0.1, 0.15) is 28.1 Å². The first-order valence-electron chi connectivity index (χ1n) is 9.12. The highest BCUT2D eigenvalue weighted by Crippen LogP contribution is 2.24. The van der Waals surface area contributed by atoms with Gasteiger partial charge in [0, 0.05) is 49.0 Å². The van der Waals surface area contributed by atoms with Crippen molar-refractivity contribution < 1.29 is 9.53 Å². The Hall–Kier alpha value is -2.77. The summed E-state index contributed by atoms with van der Waals surface area (Å²) in [4.78, 5) is 22.3. The van der Waals surface area contributed by atoms with Crippen molar-refractivity contribution in [1.29, 1.82) is 0 Å². The average molecular weight is 365 g/mol. The van der Waals surface area contributed by atoms with Crippen molar-refractivity contribution in [2.45, 2.75) is 20.4 Å². The molecule has 0 spiro atoms. The molecule has 7 nitrogen and oxygen atoms in total. The lowest BCUT2D eigenvalue weighted by molar-refractivity contribution is -0.116. The van der Waals surface area contributed by atoms with Gasteiger partial charge in [-0.25, -0.2) is 5.43 Å². The zero-order valence-electron chi connectivity index (χ0n) is 15.6. The standard InChI is InChI=1S/C20H23N5O2/c1-13-17(12-25-6-8-27-9-7-25)14(2)22-18(13)10-16-19(23-24-20(16)26)15-4-3-5-21-11-15/h3-5,10-11,22H,6-9,12H2,1-2H3,(H,24,26)/b16-10+. The SMILES string of the molecule is Cc1[nH]c(/C=C2/C(=O)NN=C2c2cccnc2)c(C)c1CN1CCOCC1. The van der Waals surface area contributed by atoms with Gasteiger partial charge >= 0.3 is 0 Å². The molecule has 2 aliphatic rings. The first kappa shape index (κ1) is 17.6. The Morgan fingerprint density at radius 2 is 2.11 bits per heavy atom. The van der Waals surface area contributed by atoms with Crippen molar-refractivity contribution in [2.75, 3.05) is 26.3 Å². The highest BCUT2D eigenvalue weighted by atomic mass is 16.5. The van der Waals surface area contributed by atoms with Crippen LogP contribution in [0.3, 0.4) is 0 Å². The molecule has 2 aliphatic heterocycles. The summed E-state index contributed by atoms with van der Waals surface area (Å²) in [6, 6.07) is 3.74. The molecule has 27 heavy (non-hydrogen) atoms. The summed E-state index contributed by atoms with van der Waals surface area (Å²) in [6.07, 6.45) is 5.30. The van der Waals surface area contributed by atoms with Crippen LogP contribution in [0, 0.1) is 13.8 Å². The van der Waals surface area contributed by atoms with Crippen LogP contribution in [0.25, 0.3) is 6.08 Å². The first-order valence-corrected chi connectivity index (χ1v) is 9.12. The van der Waals surface area contributed by atoms with E-state index in [4.69, 9.17) is 4.74 Å². The Bertz CT molecular complexity index is 908. The number of hydrogen-bond donors (Lipinski definition) is 2. The minimum absolute atomic E-state index is 0.199. The van der Waals surface area contributed by atoms with Gasteiger partial charge in [0.05, 0.1) is 18.8 Å². The summed E-state index contributed by atoms with van der Waals surface area (Å²) in [5.74, 6) is -0.199. The summed E-state index contributed by atoms with van der Waals surface area (Å²) in [5, 5.41) is 4.19. The number of carbonyl (C=O) groups is 1. The molecule has 2 aromatic rings. The van der Waals surface area contributed by atoms with E-state index < -0.39 is 0 Å². The highest BCUT2D eigenvalue weighted by molar-refractivity contribution is 6.33. The highest BCUT2D eigenvalue weighted by Gasteiger charge is 2.25. The zero-order chi connectivity index (χ0) is 18.8. The Morgan fingerprint density at radius 3 is 2.85 bits per heavy atom. The van der Waals surface area contributed by atoms with Gasteiger partial charge in [-0.15, -0.1) is 0 Å². The van der Waals surface area contributed by atoms with Gasteiger partial charge in [-0.2, -0.15) is 5.10 Å². The van der Waals surface area contributed by atoms with Crippen molar-refractivity contribution in [3.63, 3.8) is 0 Å². The molecule has 1 saturated heterocycles. The van der Waals surface area contributed by atoms with Crippen LogP contribution < -0.4 is 5.43 Å². The largest absolute Gasteiger partial charge is 0.379 e. The van der Waals surface area contributed by atoms with E-state index in [1.54, 1.807) is 12.4 Å². The second-order valence-electron chi connectivity index (χ2n) is 6.86. The molecule has 7 heteroatoms. The molecule has 0 unspecified atom stereocenters. The molecule has 0 aliphatic carbocycles. The van der Waals surface area contributed by atoms with Gasteiger partial charge in [0.2, 0.25) is 0 Å². The lowest BCUT2D eigenvalue weighted by atomic mass is 10.0. The molecule has 4 rings (SSSR count). The Kier molecular flexibility index (Phi) is 4.87. The van der Waals surface area contributed by atoms with Crippen LogP contribution in [0.4, 0.5) is 0 Å². The molecule has 140 valence electrons. The summed E-state index contributed by atoms with van der Waals surface area (Å²) in [5.41, 5.74) is 9.06. The van der Waals surface area contributed by atoms with Crippen molar-refractivity contribution in [2.24, 2.45) is 5.10 Å². The quantitative estimate of drug-likeness (QED) is 0.809. The van der Waals surface area contributed by atoms with Crippen molar-refractivity contribution in [1.82, 2.24) is 20.3 Å². The number of aromatic amines is 1. The van der Waals surface area contributed by atoms with Gasteiger partial charge in [-0.3, -0.25) is 14.7 Å². The first-order chi connectivity index (χ1) is 13.1. The number of nitrogens with one attached hydrogen (secondary N) is 2. The van der Waals surface area contributed by atoms with Crippen LogP contribution in [0.15, 0.2) is 35.2 Å². The molecule has 0 bridgehead atoms. The average Bonchev–Trinajstić information content (AvgIpc) is 3.18. The number of hydrogen-bond acceptors (Lipinski definition) is 5. The number of nitrogens with zero attached hydrogens (tertiary/aromatic N) is 3. The van der Waals surface area contributed by atoms with Crippen molar-refractivity contribution >= 4 is 17.7 Å². The maximum atomic E-state index is 12.3. The molecular weight excluding hydrogens is 342 g/mol. The number of morpholine rings is 1. The predicted molar refractivity (Wildman–Crippen MR) is 103 cm³/mol. The number of aryl methyl sites for hydroxylation is 1. The van der Waals surface area contributed by atoms with Crippen LogP contribution in [0.2, 0.25) is 0 Å². The van der Waals surface area contributed by atoms with E-state index in [1.165, 1.54) is 5.56 Å². The van der Waals surface area contributed by atoms with Crippen LogP contribution >= 0.6 is 0 Å². The van der Waals surface area contributed by atoms with Gasteiger partial charge in [-0.1, -0.05) is 0 Å². The van der Waals surface area contributed by atoms with E-state index in [9.17, 15) is 4.79 Å². The molecule has 0 saturated carbocycles. The van der Waals surface area contributed by atoms with E-state index in [0.29, 0.717) is 11.3 Å². The van der Waals surface area contributed by atoms with E-state index in [2.05, 4.69) is 39.2 Å². The number of carbonyl (C=O) groups excluding carboxylic acids is 1. The second-order valence-corrected chi connectivity index (χ2v) is 6.86. The number of ether oxygens (including phenoxy) is 1. The third-order valence-corrected chi connectivity index (χ3v) is 5.11. The maximum absolute atomic E-state index is 12.3. The Balaban J connectivity index is 1.64. The topological polar surface area (TPSA) is 82.6 Å². The van der Waals surface area contributed by atoms with E-state index >= 15 is 0 Å². The number of hydrazone groups is 1. The van der Waals surface area contributed by atoms with Crippen LogP contribution in [-0.2, 0) is 16.1 Å². The van der Waals surface area contributed by atoms with E-state index in [0.717, 1.165) is 55.4 Å². The maximum Gasteiger partial charge on any atom is 0.273 e. The molecule has 1 fully saturated rings. The Labute approximate surface area is 158 Å². The third-order valence-electron chi connectivity index (χ3n) is 5.11. The zero-order valence-corrected chi connectivity index (χ0v) is 15.6. The summed E-state index contributed by atoms with van der Waals surface area (Å²) in [6.45, 7) is 8.52. The fourth-order valence-electron chi connectivity index (χ4n) is 3.52. The molecule has 2 aromatic heterocycles. The molecule has 0 aromatic carbocycles. The fraction of sp³-hybridized carbons (Fsp3) is 0.350. The second kappa shape index (κ2) is 7.46. The van der Waals surface area contributed by atoms with Crippen molar-refractivity contribution in [3.8, 4) is 0 Å². The summed E-state index contributed by atoms with van der Waals surface area (Å²) < 4.78 is 5.44. The van der Waals surface area contributed by atoms with Gasteiger partial charge in [0.15, 0.2) is 0 Å². The molecule has 4 heterocycles. The molecule has 0 atom stereocenters. The number of amides is 1. The predicted octanol–water partition coefficient (Wildman–Crippen LogP) is 1.78. The van der Waals surface area contributed by atoms with E-state index in [1.807, 2.05) is 18.2 Å². The van der Waals surface area contributed by atoms with Gasteiger partial charge in [0.1, 0.15) is 5.71 Å². The summed E-state index contributed by atoms with van der Waals surface area (Å²) in [7, 11) is 0. The molecule has 1 amide bonds. The van der Waals surface area contributed by atoms with E-state index in [-0.39, 0.29) is 5.91 Å². The van der Waals surface area contributed by atoms with Crippen LogP contribution in [0.5, 0.6) is 0 Å². The lowest BCUT2D eigenvalue weighted by Crippen LogP contribution is -2.35. The molecule has 2 N–H and O–H groups in total. The fourth-order valence-corrected chi connectivity index (χ4v) is 3.52. The number of H-pyrrole nitrogens is 1. The normalized spacial score (nSPS) is 19.4. The van der Waals surface area contributed by atoms with Gasteiger partial charge < -0.3 is 9.72 Å². The number of aromatic nitrogens is 2. The smallest absolute Gasteiger partial charge is 0.273 e. The third kappa shape index (κ3) is 3.56. The number of rotatable bonds is 4. The minimum Gasteiger partial charge on any atom is -0.379 e. The van der Waals surface area contributed by atoms with Crippen LogP contribution in [-0.4, -0.2) is 52.8 Å². The Morgan fingerprint density at radius 1 is 1.30 bits per heavy atom. The van der Waals surface area contributed by atoms with Crippen molar-refractivity contribution in [3.05, 3.63) is 58.2 Å². The minimum atomic E-state index is -0.199. The number of pyridine rings is 1. The van der Waals surface area contributed by atoms with Gasteiger partial charge in [-0.05, 0) is 43.2 Å². The monoisotopic (exact) mass is 365 g/mol. The molecular formula is C20H23N5O2. The summed E-state index contributed by atoms with van der Waals surface area (Å²) >= 11 is 0. The van der Waals surface area contributed by atoms with Gasteiger partial charge in [0.25, 0.3) is 5.91 Å².